The molecule has 0 aliphatic heterocycles. The Balaban J connectivity index is 0.000000408. The Morgan fingerprint density at radius 2 is 1.86 bits per heavy atom. The summed E-state index contributed by atoms with van der Waals surface area (Å²) in [5, 5.41) is 4.49. The zero-order chi connectivity index (χ0) is 26.1. The van der Waals surface area contributed by atoms with Gasteiger partial charge >= 0.3 is 18.9 Å². The Morgan fingerprint density at radius 1 is 1.11 bits per heavy atom. The molecular formula is C28H29LiN4O4-2. The monoisotopic (exact) mass is 492 g/mol. The standard InChI is InChI=1S/C20H22N4O3.C8H7O.Li/c1-5-11-23(6-2)20(25)15-13-19-21-10-9-16(24(19)22-15)14-7-8-17(26-3)18(12-14)27-4;1-7-3-2-4-8(5-7)6-9;/h5,7-10,12-13H,2,6,11H2,1,3-4H3;2-5H,1H3;/q-2;-1;+1. The van der Waals surface area contributed by atoms with Crippen molar-refractivity contribution in [2.45, 2.75) is 13.8 Å². The van der Waals surface area contributed by atoms with Gasteiger partial charge in [-0.15, -0.1) is 24.7 Å². The van der Waals surface area contributed by atoms with Crippen LogP contribution in [-0.2, 0) is 4.79 Å². The maximum atomic E-state index is 12.7. The molecule has 1 amide bonds. The average molecular weight is 493 g/mol. The van der Waals surface area contributed by atoms with Crippen molar-refractivity contribution in [2.75, 3.05) is 27.3 Å². The summed E-state index contributed by atoms with van der Waals surface area (Å²) >= 11 is 0. The molecule has 2 aromatic carbocycles. The Hall–Kier alpha value is -3.60. The smallest absolute Gasteiger partial charge is 0.493 e. The second-order valence-corrected chi connectivity index (χ2v) is 7.83. The van der Waals surface area contributed by atoms with Gasteiger partial charge in [-0.25, -0.2) is 9.50 Å². The Labute approximate surface area is 229 Å². The molecule has 4 aromatic rings. The number of hydrogen-bond donors (Lipinski definition) is 0. The van der Waals surface area contributed by atoms with Gasteiger partial charge in [-0.1, -0.05) is 13.0 Å². The molecule has 0 N–H and O–H groups in total. The van der Waals surface area contributed by atoms with E-state index in [1.54, 1.807) is 48.0 Å². The third-order valence-corrected chi connectivity index (χ3v) is 5.35. The molecule has 2 heterocycles. The quantitative estimate of drug-likeness (QED) is 0.273. The van der Waals surface area contributed by atoms with E-state index in [4.69, 9.17) is 9.47 Å². The molecule has 0 radical (unpaired) electrons. The number of amides is 1. The fourth-order valence-corrected chi connectivity index (χ4v) is 3.58. The van der Waals surface area contributed by atoms with E-state index < -0.39 is 0 Å². The predicted molar refractivity (Wildman–Crippen MR) is 139 cm³/mol. The van der Waals surface area contributed by atoms with Gasteiger partial charge in [0.05, 0.1) is 26.2 Å². The summed E-state index contributed by atoms with van der Waals surface area (Å²) in [5.41, 5.74) is 4.31. The number of aryl methyl sites for hydroxylation is 1. The fraction of sp³-hybridized carbons (Fsp3) is 0.214. The van der Waals surface area contributed by atoms with Crippen LogP contribution in [0.5, 0.6) is 11.5 Å². The zero-order valence-electron chi connectivity index (χ0n) is 21.9. The van der Waals surface area contributed by atoms with Gasteiger partial charge in [-0.2, -0.15) is 29.7 Å². The molecule has 188 valence electrons. The first-order chi connectivity index (χ1) is 17.4. The van der Waals surface area contributed by atoms with Crippen LogP contribution in [0.2, 0.25) is 0 Å². The molecule has 0 aliphatic carbocycles. The molecule has 0 spiro atoms. The first-order valence-electron chi connectivity index (χ1n) is 11.3. The van der Waals surface area contributed by atoms with Crippen molar-refractivity contribution in [1.82, 2.24) is 19.5 Å². The summed E-state index contributed by atoms with van der Waals surface area (Å²) in [4.78, 5) is 28.7. The molecule has 37 heavy (non-hydrogen) atoms. The van der Waals surface area contributed by atoms with Crippen LogP contribution in [-0.4, -0.2) is 59.0 Å². The number of methoxy groups -OCH3 is 2. The number of benzene rings is 2. The van der Waals surface area contributed by atoms with E-state index in [-0.39, 0.29) is 24.8 Å². The van der Waals surface area contributed by atoms with Gasteiger partial charge in [0, 0.05) is 17.8 Å². The van der Waals surface area contributed by atoms with Gasteiger partial charge in [-0.05, 0) is 24.3 Å². The number of aromatic nitrogens is 3. The summed E-state index contributed by atoms with van der Waals surface area (Å²) in [6.07, 6.45) is 5.42. The van der Waals surface area contributed by atoms with Gasteiger partial charge < -0.3 is 32.5 Å². The minimum Gasteiger partial charge on any atom is -0.493 e. The number of ether oxygens (including phenoxy) is 2. The molecule has 8 nitrogen and oxygen atoms in total. The Bertz CT molecular complexity index is 1340. The second kappa shape index (κ2) is 14.2. The molecule has 0 fully saturated rings. The molecular weight excluding hydrogens is 463 g/mol. The molecule has 0 unspecified atom stereocenters. The summed E-state index contributed by atoms with van der Waals surface area (Å²) in [6.45, 7) is 8.55. The first-order valence-corrected chi connectivity index (χ1v) is 11.3. The largest absolute Gasteiger partial charge is 1.00 e. The second-order valence-electron chi connectivity index (χ2n) is 7.83. The van der Waals surface area contributed by atoms with Gasteiger partial charge in [0.1, 0.15) is 0 Å². The normalized spacial score (nSPS) is 10.1. The van der Waals surface area contributed by atoms with Crippen LogP contribution in [0, 0.1) is 20.3 Å². The van der Waals surface area contributed by atoms with E-state index in [1.807, 2.05) is 63.0 Å². The molecule has 0 bridgehead atoms. The first kappa shape index (κ1) is 29.6. The van der Waals surface area contributed by atoms with Crippen LogP contribution >= 0.6 is 0 Å². The minimum absolute atomic E-state index is 0. The van der Waals surface area contributed by atoms with E-state index in [2.05, 4.69) is 17.0 Å². The molecule has 0 aliphatic rings. The van der Waals surface area contributed by atoms with Crippen LogP contribution in [0.3, 0.4) is 0 Å². The maximum Gasteiger partial charge on any atom is 1.00 e. The van der Waals surface area contributed by atoms with Gasteiger partial charge in [0.15, 0.2) is 22.8 Å². The molecule has 9 heteroatoms. The summed E-state index contributed by atoms with van der Waals surface area (Å²) < 4.78 is 12.3. The fourth-order valence-electron chi connectivity index (χ4n) is 3.58. The summed E-state index contributed by atoms with van der Waals surface area (Å²) in [6, 6.07) is 16.5. The Morgan fingerprint density at radius 3 is 2.46 bits per heavy atom. The van der Waals surface area contributed by atoms with Crippen LogP contribution in [0.25, 0.3) is 16.9 Å². The van der Waals surface area contributed by atoms with Gasteiger partial charge in [0.2, 0.25) is 0 Å². The number of hydrogen-bond acceptors (Lipinski definition) is 6. The Kier molecular flexibility index (Phi) is 11.4. The van der Waals surface area contributed by atoms with E-state index in [1.165, 1.54) is 0 Å². The molecule has 4 rings (SSSR count). The topological polar surface area (TPSA) is 86.0 Å². The summed E-state index contributed by atoms with van der Waals surface area (Å²) in [7, 11) is 3.18. The number of carbonyl (C=O) groups is 1. The van der Waals surface area contributed by atoms with Crippen molar-refractivity contribution in [2.24, 2.45) is 0 Å². The number of rotatable bonds is 8. The van der Waals surface area contributed by atoms with E-state index in [0.29, 0.717) is 41.5 Å². The van der Waals surface area contributed by atoms with Crippen molar-refractivity contribution in [3.8, 4) is 22.8 Å². The van der Waals surface area contributed by atoms with Gasteiger partial charge in [0.25, 0.3) is 5.91 Å². The molecule has 0 saturated carbocycles. The number of carbonyl (C=O) groups excluding carboxylic acids is 2. The average Bonchev–Trinajstić information content (AvgIpc) is 3.36. The van der Waals surface area contributed by atoms with E-state index >= 15 is 0 Å². The van der Waals surface area contributed by atoms with Crippen LogP contribution in [0.4, 0.5) is 0 Å². The van der Waals surface area contributed by atoms with Crippen molar-refractivity contribution in [3.05, 3.63) is 91.0 Å². The molecule has 0 atom stereocenters. The maximum absolute atomic E-state index is 12.7. The summed E-state index contributed by atoms with van der Waals surface area (Å²) in [5.74, 6) is 1.08. The number of nitrogens with zero attached hydrogens (tertiary/aromatic N) is 4. The van der Waals surface area contributed by atoms with E-state index in [0.717, 1.165) is 16.8 Å². The van der Waals surface area contributed by atoms with Crippen molar-refractivity contribution >= 4 is 17.8 Å². The van der Waals surface area contributed by atoms with Crippen LogP contribution < -0.4 is 28.3 Å². The van der Waals surface area contributed by atoms with Crippen LogP contribution in [0.15, 0.2) is 60.8 Å². The minimum atomic E-state index is -0.174. The van der Waals surface area contributed by atoms with E-state index in [9.17, 15) is 9.59 Å². The van der Waals surface area contributed by atoms with Crippen molar-refractivity contribution in [3.63, 3.8) is 0 Å². The van der Waals surface area contributed by atoms with Crippen molar-refractivity contribution < 1.29 is 37.9 Å². The third-order valence-electron chi connectivity index (χ3n) is 5.35. The zero-order valence-corrected chi connectivity index (χ0v) is 21.9. The SMILES string of the molecule is Cc1cccc([C-]=O)c1.[CH2-]CN(C[CH-]C)C(=O)c1cc2nccc(-c3ccc(OC)c(OC)c3)n2n1.[Li+]. The molecule has 2 aromatic heterocycles. The molecule has 0 saturated heterocycles. The van der Waals surface area contributed by atoms with Gasteiger partial charge in [-0.3, -0.25) is 4.79 Å². The van der Waals surface area contributed by atoms with Crippen molar-refractivity contribution in [1.29, 1.82) is 0 Å². The van der Waals surface area contributed by atoms with Crippen LogP contribution in [0.1, 0.15) is 28.5 Å². The third kappa shape index (κ3) is 7.22. The predicted octanol–water partition coefficient (Wildman–Crippen LogP) is 1.37. The number of fused-ring (bicyclic) bond motifs is 1.